The number of thiophene rings is 2. The first kappa shape index (κ1) is 91.1. The third-order valence-corrected chi connectivity index (χ3v) is 26.5. The minimum absolute atomic E-state index is 0.0952. The third kappa shape index (κ3) is 16.7. The highest BCUT2D eigenvalue weighted by atomic mass is 32.1. The summed E-state index contributed by atoms with van der Waals surface area (Å²) in [5.41, 5.74) is 33.1. The van der Waals surface area contributed by atoms with E-state index in [1.165, 1.54) is 98.9 Å². The van der Waals surface area contributed by atoms with Crippen LogP contribution in [-0.2, 0) is 27.1 Å². The van der Waals surface area contributed by atoms with E-state index in [-0.39, 0.29) is 27.1 Å². The molecule has 10 aromatic heterocycles. The van der Waals surface area contributed by atoms with Crippen LogP contribution in [0.15, 0.2) is 157 Å². The van der Waals surface area contributed by atoms with Crippen molar-refractivity contribution in [3.8, 4) is 56.5 Å². The second-order valence-electron chi connectivity index (χ2n) is 40.9. The fourth-order valence-electron chi connectivity index (χ4n) is 18.2. The first-order chi connectivity index (χ1) is 60.8. The molecule has 0 fully saturated rings. The third-order valence-electron chi connectivity index (χ3n) is 24.7. The molecule has 5 aromatic carbocycles. The molecule has 0 saturated carbocycles. The Balaban J connectivity index is 0.000000119. The lowest BCUT2D eigenvalue weighted by atomic mass is 9.84. The molecule has 0 spiro atoms. The number of hydrogen-bond acceptors (Lipinski definition) is 20. The van der Waals surface area contributed by atoms with E-state index in [2.05, 4.69) is 279 Å². The number of ether oxygens (including phenoxy) is 5. The van der Waals surface area contributed by atoms with Crippen molar-refractivity contribution in [2.24, 2.45) is 0 Å². The van der Waals surface area contributed by atoms with Crippen LogP contribution >= 0.6 is 22.7 Å². The summed E-state index contributed by atoms with van der Waals surface area (Å²) in [5.74, 6) is 13.1. The van der Waals surface area contributed by atoms with Gasteiger partial charge < -0.3 is 63.9 Å². The summed E-state index contributed by atoms with van der Waals surface area (Å²) in [6, 6.07) is 35.2. The van der Waals surface area contributed by atoms with E-state index in [0.717, 1.165) is 159 Å². The highest BCUT2D eigenvalue weighted by Gasteiger charge is 2.42. The van der Waals surface area contributed by atoms with Crippen LogP contribution in [0.4, 0.5) is 85.7 Å². The summed E-state index contributed by atoms with van der Waals surface area (Å²) >= 11 is 3.45. The Morgan fingerprint density at radius 3 is 0.808 bits per heavy atom. The van der Waals surface area contributed by atoms with Gasteiger partial charge in [-0.2, -0.15) is 0 Å². The van der Waals surface area contributed by atoms with Crippen LogP contribution in [-0.4, -0.2) is 0 Å². The van der Waals surface area contributed by atoms with Crippen molar-refractivity contribution >= 4 is 108 Å². The molecule has 130 heavy (non-hydrogen) atoms. The van der Waals surface area contributed by atoms with Gasteiger partial charge in [-0.15, -0.1) is 22.7 Å². The predicted octanol–water partition coefficient (Wildman–Crippen LogP) is 35.8. The number of aryl methyl sites for hydroxylation is 20. The van der Waals surface area contributed by atoms with Gasteiger partial charge in [0.2, 0.25) is 10.1 Å². The van der Waals surface area contributed by atoms with E-state index < -0.39 is 0 Å². The standard InChI is InChI=1S/4C22H25NO3.C22H25NOS2/c1-12-8-16(22(5,6)7)9-13(2)19(12)23-20-14(3)24-10-17(20)26-18-11-25-15(4)21(18)23;1-12-8-16(22(5,6)7)9-13(2)19(12)23-17-10-24-14(3)20(17)26-21-15(4)25-11-18(21)23;1-12-8-16(22(5,6)7)9-13(2)19(12)23-20-17(10-14(3)24-20)26-18-11-15(4)25-21(18)23;1-12-8-16(22(5,6)7)9-13(2)19(12)23-17-10-14(3)24-20(17)26-21-18(23)11-15(4)25-21;1-12-8-16(22(5,6)7)9-13(2)19(12)23-17-10-14(3)25-20(17)24-21-18(23)11-15(4)26-21/h5*8-11H,1-7H3. The molecule has 0 atom stereocenters. The fourth-order valence-corrected chi connectivity index (χ4v) is 19.9. The van der Waals surface area contributed by atoms with E-state index in [0.29, 0.717) is 23.7 Å². The van der Waals surface area contributed by atoms with Crippen molar-refractivity contribution < 1.29 is 59.0 Å². The van der Waals surface area contributed by atoms with Gasteiger partial charge in [-0.1, -0.05) is 165 Å². The van der Waals surface area contributed by atoms with Crippen LogP contribution in [0, 0.1) is 138 Å². The topological polar surface area (TPSA) is 167 Å². The molecule has 18 nitrogen and oxygen atoms in total. The molecule has 0 bridgehead atoms. The first-order valence-electron chi connectivity index (χ1n) is 44.7. The molecular formula is C110H125N5O13S2. The molecule has 5 aliphatic heterocycles. The Bertz CT molecular complexity index is 6060. The monoisotopic (exact) mass is 1790 g/mol. The van der Waals surface area contributed by atoms with Crippen molar-refractivity contribution in [3.63, 3.8) is 0 Å². The second kappa shape index (κ2) is 33.0. The second-order valence-corrected chi connectivity index (χ2v) is 43.4. The molecule has 20 rings (SSSR count). The number of hydrogen-bond donors (Lipinski definition) is 0. The van der Waals surface area contributed by atoms with Crippen molar-refractivity contribution in [3.05, 3.63) is 261 Å². The van der Waals surface area contributed by atoms with Crippen LogP contribution in [0.2, 0.25) is 0 Å². The first-order valence-corrected chi connectivity index (χ1v) is 46.4. The Morgan fingerprint density at radius 2 is 0.492 bits per heavy atom. The van der Waals surface area contributed by atoms with Crippen LogP contribution in [0.25, 0.3) is 0 Å². The van der Waals surface area contributed by atoms with E-state index in [1.807, 2.05) is 84.6 Å². The van der Waals surface area contributed by atoms with Crippen molar-refractivity contribution in [1.29, 1.82) is 0 Å². The van der Waals surface area contributed by atoms with Gasteiger partial charge in [0.1, 0.15) is 117 Å². The smallest absolute Gasteiger partial charge is 0.317 e. The molecular weight excluding hydrogens is 1660 g/mol. The van der Waals surface area contributed by atoms with Crippen molar-refractivity contribution in [2.45, 2.75) is 269 Å². The summed E-state index contributed by atoms with van der Waals surface area (Å²) in [6.07, 6.45) is 6.84. The van der Waals surface area contributed by atoms with Gasteiger partial charge in [-0.3, -0.25) is 14.7 Å². The van der Waals surface area contributed by atoms with Gasteiger partial charge in [0, 0.05) is 34.0 Å². The number of furan rings is 8. The Morgan fingerprint density at radius 1 is 0.223 bits per heavy atom. The molecule has 0 radical (unpaired) electrons. The van der Waals surface area contributed by atoms with E-state index in [9.17, 15) is 0 Å². The van der Waals surface area contributed by atoms with Crippen molar-refractivity contribution in [1.82, 2.24) is 0 Å². The molecule has 5 aliphatic rings. The normalized spacial score (nSPS) is 13.4. The molecule has 0 saturated heterocycles. The van der Waals surface area contributed by atoms with Crippen LogP contribution in [0.3, 0.4) is 0 Å². The van der Waals surface area contributed by atoms with Gasteiger partial charge in [-0.25, -0.2) is 4.90 Å². The molecule has 680 valence electrons. The summed E-state index contributed by atoms with van der Waals surface area (Å²) < 4.78 is 76.3. The predicted molar refractivity (Wildman–Crippen MR) is 528 cm³/mol. The zero-order chi connectivity index (χ0) is 94.0. The Hall–Kier alpha value is -12.3. The minimum atomic E-state index is 0.0952. The van der Waals surface area contributed by atoms with Crippen LogP contribution in [0.5, 0.6) is 56.5 Å². The molecule has 0 unspecified atom stereocenters. The molecule has 0 amide bonds. The van der Waals surface area contributed by atoms with Gasteiger partial charge >= 0.3 is 11.9 Å². The number of rotatable bonds is 5. The molecule has 0 aliphatic carbocycles. The Kier molecular flexibility index (Phi) is 23.1. The van der Waals surface area contributed by atoms with Gasteiger partial charge in [0.15, 0.2) is 34.5 Å². The van der Waals surface area contributed by atoms with Crippen LogP contribution < -0.4 is 48.2 Å². The average Bonchev–Trinajstić information content (AvgIpc) is 1.58. The summed E-state index contributed by atoms with van der Waals surface area (Å²) in [6.45, 7) is 75.1. The molecule has 15 aromatic rings. The van der Waals surface area contributed by atoms with E-state index in [1.54, 1.807) is 47.7 Å². The molecule has 20 heteroatoms. The Labute approximate surface area is 774 Å². The molecule has 0 N–H and O–H groups in total. The maximum absolute atomic E-state index is 6.22. The lowest BCUT2D eigenvalue weighted by Crippen LogP contribution is -2.19. The highest BCUT2D eigenvalue weighted by molar-refractivity contribution is 7.16. The molecule has 15 heterocycles. The maximum atomic E-state index is 6.22. The summed E-state index contributed by atoms with van der Waals surface area (Å²) in [7, 11) is 0. The fraction of sp³-hybridized carbons (Fsp3) is 0.364. The van der Waals surface area contributed by atoms with E-state index >= 15 is 0 Å². The SMILES string of the molecule is Cc1cc(C(C)(C)C)cc(C)c1N1c2c(coc2C)Oc2coc(C)c21.Cc1cc(C(C)(C)C)cc(C)c1N1c2coc(C)c2Oc2c1coc2C.Cc1cc2c(o1)N(c1c(C)cc(C(C)(C)C)cc1C)c1oc(C)cc1O2.Cc1cc2c(o1)Oc1oc(C)cc1N2c1c(C)cc(C(C)(C)C)cc1C.Cc1cc2c(s1)Oc1sc(C)cc1N2c1c(C)cc(C(C)(C)C)cc1C. The highest BCUT2D eigenvalue weighted by Crippen LogP contribution is 2.63. The summed E-state index contributed by atoms with van der Waals surface area (Å²) in [5, 5.41) is 1.99. The minimum Gasteiger partial charge on any atom is -0.463 e. The lowest BCUT2D eigenvalue weighted by molar-refractivity contribution is 0.269. The average molecular weight is 1790 g/mol. The maximum Gasteiger partial charge on any atom is 0.317 e. The zero-order valence-electron chi connectivity index (χ0n) is 82.4. The van der Waals surface area contributed by atoms with E-state index in [4.69, 9.17) is 59.0 Å². The summed E-state index contributed by atoms with van der Waals surface area (Å²) in [4.78, 5) is 13.6. The number of anilines is 15. The number of benzene rings is 5. The zero-order valence-corrected chi connectivity index (χ0v) is 84.0. The largest absolute Gasteiger partial charge is 0.463 e. The quantitative estimate of drug-likeness (QED) is 0.159. The number of fused-ring (bicyclic) bond motifs is 10. The van der Waals surface area contributed by atoms with Gasteiger partial charge in [0.25, 0.3) is 11.8 Å². The lowest BCUT2D eigenvalue weighted by Gasteiger charge is -2.32. The van der Waals surface area contributed by atoms with Gasteiger partial charge in [-0.05, 0) is 261 Å². The van der Waals surface area contributed by atoms with Crippen LogP contribution in [0.1, 0.15) is 243 Å². The number of nitrogens with zero attached hydrogens (tertiary/aromatic N) is 5. The van der Waals surface area contributed by atoms with Gasteiger partial charge in [0.05, 0.1) is 28.4 Å². The van der Waals surface area contributed by atoms with Crippen molar-refractivity contribution in [2.75, 3.05) is 24.5 Å².